The molecule has 0 aliphatic rings. The third-order valence-electron chi connectivity index (χ3n) is 2.17. The standard InChI is InChI=1S/C11H13ClN2O5S/c1-7(15)19-13-20(17,18)10-6-8(4-5-9(10)12)11(16)14(2)3/h4-6,13H,1-3H3. The van der Waals surface area contributed by atoms with Gasteiger partial charge in [0.2, 0.25) is 0 Å². The van der Waals surface area contributed by atoms with E-state index in [0.717, 1.165) is 13.0 Å². The molecule has 0 atom stereocenters. The first kappa shape index (κ1) is 16.4. The van der Waals surface area contributed by atoms with Crippen molar-refractivity contribution in [2.75, 3.05) is 14.1 Å². The fourth-order valence-electron chi connectivity index (χ4n) is 1.26. The summed E-state index contributed by atoms with van der Waals surface area (Å²) < 4.78 is 23.8. The van der Waals surface area contributed by atoms with Crippen LogP contribution >= 0.6 is 11.6 Å². The number of nitrogens with one attached hydrogen (secondary N) is 1. The lowest BCUT2D eigenvalue weighted by molar-refractivity contribution is -0.144. The van der Waals surface area contributed by atoms with Crippen molar-refractivity contribution in [3.8, 4) is 0 Å². The van der Waals surface area contributed by atoms with Crippen molar-refractivity contribution in [1.29, 1.82) is 0 Å². The van der Waals surface area contributed by atoms with Gasteiger partial charge in [-0.3, -0.25) is 9.59 Å². The Morgan fingerprint density at radius 1 is 1.30 bits per heavy atom. The summed E-state index contributed by atoms with van der Waals surface area (Å²) in [5.74, 6) is -1.21. The highest BCUT2D eigenvalue weighted by molar-refractivity contribution is 7.89. The summed E-state index contributed by atoms with van der Waals surface area (Å²) in [6.45, 7) is 1.04. The largest absolute Gasteiger partial charge is 0.356 e. The van der Waals surface area contributed by atoms with Crippen LogP contribution in [0.5, 0.6) is 0 Å². The molecule has 9 heteroatoms. The summed E-state index contributed by atoms with van der Waals surface area (Å²) in [6, 6.07) is 3.78. The quantitative estimate of drug-likeness (QED) is 0.828. The minimum Gasteiger partial charge on any atom is -0.356 e. The maximum Gasteiger partial charge on any atom is 0.323 e. The van der Waals surface area contributed by atoms with E-state index < -0.39 is 16.0 Å². The van der Waals surface area contributed by atoms with E-state index in [1.807, 2.05) is 0 Å². The number of amides is 1. The molecule has 0 saturated carbocycles. The zero-order valence-electron chi connectivity index (χ0n) is 11.0. The Morgan fingerprint density at radius 3 is 2.40 bits per heavy atom. The summed E-state index contributed by atoms with van der Waals surface area (Å²) in [4.78, 5) is 29.2. The molecular weight excluding hydrogens is 308 g/mol. The number of carbonyl (C=O) groups excluding carboxylic acids is 2. The van der Waals surface area contributed by atoms with E-state index in [2.05, 4.69) is 4.84 Å². The van der Waals surface area contributed by atoms with Crippen LogP contribution in [-0.4, -0.2) is 39.3 Å². The van der Waals surface area contributed by atoms with E-state index >= 15 is 0 Å². The number of rotatable bonds is 4. The Morgan fingerprint density at radius 2 is 1.90 bits per heavy atom. The molecule has 0 fully saturated rings. The highest BCUT2D eigenvalue weighted by Gasteiger charge is 2.21. The number of carbonyl (C=O) groups is 2. The van der Waals surface area contributed by atoms with Crippen molar-refractivity contribution in [3.63, 3.8) is 0 Å². The number of halogens is 1. The molecule has 7 nitrogen and oxygen atoms in total. The molecule has 1 aromatic rings. The molecule has 1 rings (SSSR count). The van der Waals surface area contributed by atoms with Gasteiger partial charge >= 0.3 is 5.97 Å². The molecule has 1 aromatic carbocycles. The molecule has 0 radical (unpaired) electrons. The van der Waals surface area contributed by atoms with Crippen LogP contribution in [0.1, 0.15) is 17.3 Å². The maximum atomic E-state index is 11.9. The van der Waals surface area contributed by atoms with Gasteiger partial charge in [-0.1, -0.05) is 11.6 Å². The predicted molar refractivity (Wildman–Crippen MR) is 71.6 cm³/mol. The van der Waals surface area contributed by atoms with E-state index in [1.54, 1.807) is 4.89 Å². The molecule has 0 aliphatic carbocycles. The Kier molecular flexibility index (Phi) is 5.09. The molecule has 0 aliphatic heterocycles. The second-order valence-corrected chi connectivity index (χ2v) is 6.05. The van der Waals surface area contributed by atoms with E-state index in [-0.39, 0.29) is 21.4 Å². The SMILES string of the molecule is CC(=O)ONS(=O)(=O)c1cc(C(=O)N(C)C)ccc1Cl. The first-order valence-corrected chi connectivity index (χ1v) is 7.21. The molecule has 0 spiro atoms. The first-order chi connectivity index (χ1) is 9.15. The molecule has 0 bridgehead atoms. The molecule has 0 saturated heterocycles. The second-order valence-electron chi connectivity index (χ2n) is 4.03. The summed E-state index contributed by atoms with van der Waals surface area (Å²) in [5.41, 5.74) is 0.141. The molecule has 1 N–H and O–H groups in total. The van der Waals surface area contributed by atoms with Crippen molar-refractivity contribution < 1.29 is 22.8 Å². The lowest BCUT2D eigenvalue weighted by Gasteiger charge is -2.12. The minimum absolute atomic E-state index is 0.0973. The van der Waals surface area contributed by atoms with Crippen LogP contribution in [0.4, 0.5) is 0 Å². The van der Waals surface area contributed by atoms with E-state index in [9.17, 15) is 18.0 Å². The van der Waals surface area contributed by atoms with Gasteiger partial charge in [0.25, 0.3) is 15.9 Å². The van der Waals surface area contributed by atoms with Crippen LogP contribution in [0.25, 0.3) is 0 Å². The minimum atomic E-state index is -4.16. The number of sulfonamides is 1. The van der Waals surface area contributed by atoms with Crippen LogP contribution in [0.3, 0.4) is 0 Å². The van der Waals surface area contributed by atoms with Gasteiger partial charge in [0.15, 0.2) is 0 Å². The van der Waals surface area contributed by atoms with E-state index in [4.69, 9.17) is 11.6 Å². The highest BCUT2D eigenvalue weighted by atomic mass is 35.5. The number of hydrogen-bond acceptors (Lipinski definition) is 5. The van der Waals surface area contributed by atoms with Crippen LogP contribution in [0.15, 0.2) is 23.1 Å². The normalized spacial score (nSPS) is 11.0. The summed E-state index contributed by atoms with van der Waals surface area (Å²) >= 11 is 5.80. The Bertz CT molecular complexity index is 642. The Balaban J connectivity index is 3.20. The van der Waals surface area contributed by atoms with Crippen LogP contribution in [0.2, 0.25) is 5.02 Å². The van der Waals surface area contributed by atoms with Gasteiger partial charge in [0.1, 0.15) is 4.90 Å². The summed E-state index contributed by atoms with van der Waals surface area (Å²) in [7, 11) is -1.10. The van der Waals surface area contributed by atoms with Gasteiger partial charge in [-0.05, 0) is 23.1 Å². The lowest BCUT2D eigenvalue weighted by atomic mass is 10.2. The average Bonchev–Trinajstić information content (AvgIpc) is 2.36. The average molecular weight is 321 g/mol. The van der Waals surface area contributed by atoms with Crippen LogP contribution in [0, 0.1) is 0 Å². The van der Waals surface area contributed by atoms with Crippen molar-refractivity contribution in [1.82, 2.24) is 9.79 Å². The molecule has 0 aromatic heterocycles. The molecule has 20 heavy (non-hydrogen) atoms. The zero-order chi connectivity index (χ0) is 15.5. The van der Waals surface area contributed by atoms with Gasteiger partial charge < -0.3 is 9.74 Å². The lowest BCUT2D eigenvalue weighted by Crippen LogP contribution is -2.27. The van der Waals surface area contributed by atoms with Crippen LogP contribution in [-0.2, 0) is 19.7 Å². The number of benzene rings is 1. The van der Waals surface area contributed by atoms with Gasteiger partial charge in [-0.15, -0.1) is 0 Å². The fraction of sp³-hybridized carbons (Fsp3) is 0.273. The third kappa shape index (κ3) is 3.92. The van der Waals surface area contributed by atoms with Gasteiger partial charge in [0.05, 0.1) is 5.02 Å². The molecule has 0 heterocycles. The monoisotopic (exact) mass is 320 g/mol. The molecular formula is C11H13ClN2O5S. The third-order valence-corrected chi connectivity index (χ3v) is 3.83. The molecule has 110 valence electrons. The van der Waals surface area contributed by atoms with Crippen molar-refractivity contribution in [3.05, 3.63) is 28.8 Å². The van der Waals surface area contributed by atoms with Crippen molar-refractivity contribution in [2.24, 2.45) is 0 Å². The summed E-state index contributed by atoms with van der Waals surface area (Å²) in [6.07, 6.45) is 0. The Hall–Kier alpha value is -1.64. The zero-order valence-corrected chi connectivity index (χ0v) is 12.6. The number of nitrogens with zero attached hydrogens (tertiary/aromatic N) is 1. The van der Waals surface area contributed by atoms with E-state index in [0.29, 0.717) is 0 Å². The summed E-state index contributed by atoms with van der Waals surface area (Å²) in [5, 5.41) is -0.0973. The fourth-order valence-corrected chi connectivity index (χ4v) is 2.60. The first-order valence-electron chi connectivity index (χ1n) is 5.35. The molecule has 1 amide bonds. The Labute approximate surface area is 121 Å². The second kappa shape index (κ2) is 6.21. The molecule has 0 unspecified atom stereocenters. The van der Waals surface area contributed by atoms with Gasteiger partial charge in [-0.25, -0.2) is 8.42 Å². The van der Waals surface area contributed by atoms with Crippen molar-refractivity contribution >= 4 is 33.5 Å². The number of hydrogen-bond donors (Lipinski definition) is 1. The predicted octanol–water partition coefficient (Wildman–Crippen LogP) is 0.798. The smallest absolute Gasteiger partial charge is 0.323 e. The van der Waals surface area contributed by atoms with Gasteiger partial charge in [0, 0.05) is 26.6 Å². The topological polar surface area (TPSA) is 92.8 Å². The van der Waals surface area contributed by atoms with Crippen LogP contribution < -0.4 is 4.89 Å². The highest BCUT2D eigenvalue weighted by Crippen LogP contribution is 2.23. The van der Waals surface area contributed by atoms with E-state index in [1.165, 1.54) is 31.1 Å². The van der Waals surface area contributed by atoms with Crippen molar-refractivity contribution in [2.45, 2.75) is 11.8 Å². The van der Waals surface area contributed by atoms with Gasteiger partial charge in [-0.2, -0.15) is 0 Å². The maximum absolute atomic E-state index is 11.9.